The first-order valence-corrected chi connectivity index (χ1v) is 8.76. The van der Waals surface area contributed by atoms with Gasteiger partial charge in [0.25, 0.3) is 0 Å². The Bertz CT molecular complexity index is 826. The van der Waals surface area contributed by atoms with Gasteiger partial charge < -0.3 is 42.0 Å². The molecule has 0 fully saturated rings. The number of hydrogen-bond donors (Lipinski definition) is 8. The van der Waals surface area contributed by atoms with E-state index in [1.807, 2.05) is 10.6 Å². The number of aliphatic carboxylic acids is 3. The largest absolute Gasteiger partial charge is 0.481 e. The SMILES string of the molecule is NC(Cc1cnc[nH]1)C(=O)NCC(=O)NC(CC(=O)O)C(=O)NC(CC(=O)O)C(=O)O. The lowest BCUT2D eigenvalue weighted by Crippen LogP contribution is -2.54. The van der Waals surface area contributed by atoms with Crippen LogP contribution in [0.15, 0.2) is 12.5 Å². The lowest BCUT2D eigenvalue weighted by molar-refractivity contribution is -0.148. The smallest absolute Gasteiger partial charge is 0.326 e. The molecule has 0 saturated heterocycles. The summed E-state index contributed by atoms with van der Waals surface area (Å²) < 4.78 is 0. The molecule has 1 heterocycles. The molecule has 0 aliphatic heterocycles. The van der Waals surface area contributed by atoms with Crippen molar-refractivity contribution in [2.75, 3.05) is 6.54 Å². The number of hydrogen-bond acceptors (Lipinski definition) is 8. The van der Waals surface area contributed by atoms with E-state index in [9.17, 15) is 28.8 Å². The summed E-state index contributed by atoms with van der Waals surface area (Å²) >= 11 is 0. The number of nitrogens with two attached hydrogens (primary N) is 1. The van der Waals surface area contributed by atoms with Crippen molar-refractivity contribution >= 4 is 35.6 Å². The van der Waals surface area contributed by atoms with Crippen molar-refractivity contribution in [1.82, 2.24) is 25.9 Å². The summed E-state index contributed by atoms with van der Waals surface area (Å²) in [6, 6.07) is -4.56. The van der Waals surface area contributed by atoms with Crippen LogP contribution in [0.3, 0.4) is 0 Å². The zero-order valence-electron chi connectivity index (χ0n) is 16.0. The molecule has 15 heteroatoms. The number of H-pyrrole nitrogens is 1. The van der Waals surface area contributed by atoms with E-state index < -0.39 is 73.1 Å². The molecule has 0 aromatic carbocycles. The number of aromatic amines is 1. The predicted molar refractivity (Wildman–Crippen MR) is 99.3 cm³/mol. The fraction of sp³-hybridized carbons (Fsp3) is 0.438. The van der Waals surface area contributed by atoms with Crippen LogP contribution in [-0.4, -0.2) is 85.6 Å². The summed E-state index contributed by atoms with van der Waals surface area (Å²) in [4.78, 5) is 75.4. The average Bonchev–Trinajstić information content (AvgIpc) is 3.17. The van der Waals surface area contributed by atoms with Crippen LogP contribution < -0.4 is 21.7 Å². The van der Waals surface area contributed by atoms with Crippen LogP contribution >= 0.6 is 0 Å². The van der Waals surface area contributed by atoms with Gasteiger partial charge in [-0.2, -0.15) is 0 Å². The van der Waals surface area contributed by atoms with Crippen molar-refractivity contribution in [2.24, 2.45) is 5.73 Å². The normalized spacial score (nSPS) is 13.3. The molecule has 0 saturated carbocycles. The second-order valence-electron chi connectivity index (χ2n) is 6.32. The molecule has 9 N–H and O–H groups in total. The quantitative estimate of drug-likeness (QED) is 0.148. The Kier molecular flexibility index (Phi) is 9.58. The van der Waals surface area contributed by atoms with Crippen molar-refractivity contribution in [3.8, 4) is 0 Å². The highest BCUT2D eigenvalue weighted by molar-refractivity contribution is 5.95. The number of rotatable bonds is 13. The molecule has 1 aromatic heterocycles. The maximum atomic E-state index is 12.2. The Morgan fingerprint density at radius 3 is 2.10 bits per heavy atom. The fourth-order valence-corrected chi connectivity index (χ4v) is 2.30. The second kappa shape index (κ2) is 11.9. The van der Waals surface area contributed by atoms with Gasteiger partial charge in [-0.25, -0.2) is 9.78 Å². The molecule has 0 aliphatic carbocycles. The molecule has 0 radical (unpaired) electrons. The number of nitrogens with one attached hydrogen (secondary N) is 4. The summed E-state index contributed by atoms with van der Waals surface area (Å²) in [7, 11) is 0. The predicted octanol–water partition coefficient (Wildman–Crippen LogP) is -3.60. The Labute approximate surface area is 174 Å². The maximum Gasteiger partial charge on any atom is 0.326 e. The van der Waals surface area contributed by atoms with Gasteiger partial charge in [-0.3, -0.25) is 24.0 Å². The summed E-state index contributed by atoms with van der Waals surface area (Å²) in [6.45, 7) is -0.642. The first kappa shape index (κ1) is 25.0. The lowest BCUT2D eigenvalue weighted by atomic mass is 10.1. The van der Waals surface area contributed by atoms with Crippen LogP contribution in [0.1, 0.15) is 18.5 Å². The van der Waals surface area contributed by atoms with Gasteiger partial charge in [-0.05, 0) is 0 Å². The Balaban J connectivity index is 2.64. The van der Waals surface area contributed by atoms with E-state index in [-0.39, 0.29) is 6.42 Å². The van der Waals surface area contributed by atoms with Crippen LogP contribution in [0.4, 0.5) is 0 Å². The zero-order valence-corrected chi connectivity index (χ0v) is 16.0. The number of carbonyl (C=O) groups is 6. The average molecular weight is 442 g/mol. The summed E-state index contributed by atoms with van der Waals surface area (Å²) in [6.07, 6.45) is 1.09. The summed E-state index contributed by atoms with van der Waals surface area (Å²) in [5, 5.41) is 32.7. The van der Waals surface area contributed by atoms with E-state index >= 15 is 0 Å². The third kappa shape index (κ3) is 9.35. The van der Waals surface area contributed by atoms with E-state index in [1.54, 1.807) is 0 Å². The van der Waals surface area contributed by atoms with Crippen LogP contribution in [0.5, 0.6) is 0 Å². The molecule has 0 bridgehead atoms. The van der Waals surface area contributed by atoms with Gasteiger partial charge in [-0.1, -0.05) is 0 Å². The highest BCUT2D eigenvalue weighted by Gasteiger charge is 2.29. The molecule has 3 atom stereocenters. The molecule has 170 valence electrons. The molecular weight excluding hydrogens is 420 g/mol. The second-order valence-corrected chi connectivity index (χ2v) is 6.32. The van der Waals surface area contributed by atoms with Gasteiger partial charge in [-0.15, -0.1) is 0 Å². The number of nitrogens with zero attached hydrogens (tertiary/aromatic N) is 1. The lowest BCUT2D eigenvalue weighted by Gasteiger charge is -2.20. The van der Waals surface area contributed by atoms with Crippen LogP contribution in [0.25, 0.3) is 0 Å². The summed E-state index contributed by atoms with van der Waals surface area (Å²) in [5.74, 6) is -7.52. The Hall–Kier alpha value is -4.01. The van der Waals surface area contributed by atoms with Gasteiger partial charge in [0.15, 0.2) is 0 Å². The number of carboxylic acid groups (broad SMARTS) is 3. The number of carboxylic acids is 3. The minimum atomic E-state index is -1.83. The van der Waals surface area contributed by atoms with E-state index in [0.29, 0.717) is 5.69 Å². The molecule has 0 spiro atoms. The molecular formula is C16H22N6O9. The van der Waals surface area contributed by atoms with Crippen molar-refractivity contribution in [1.29, 1.82) is 0 Å². The van der Waals surface area contributed by atoms with Crippen molar-refractivity contribution in [3.63, 3.8) is 0 Å². The van der Waals surface area contributed by atoms with Gasteiger partial charge in [0.1, 0.15) is 12.1 Å². The topological polar surface area (TPSA) is 254 Å². The number of imidazole rings is 1. The molecule has 0 aliphatic rings. The fourth-order valence-electron chi connectivity index (χ4n) is 2.30. The summed E-state index contributed by atoms with van der Waals surface area (Å²) in [5.41, 5.74) is 6.28. The first-order chi connectivity index (χ1) is 14.5. The minimum Gasteiger partial charge on any atom is -0.481 e. The van der Waals surface area contributed by atoms with E-state index in [2.05, 4.69) is 15.3 Å². The first-order valence-electron chi connectivity index (χ1n) is 8.76. The Morgan fingerprint density at radius 1 is 0.968 bits per heavy atom. The highest BCUT2D eigenvalue weighted by atomic mass is 16.4. The van der Waals surface area contributed by atoms with Crippen LogP contribution in [-0.2, 0) is 35.2 Å². The van der Waals surface area contributed by atoms with Gasteiger partial charge in [0.2, 0.25) is 17.7 Å². The van der Waals surface area contributed by atoms with Gasteiger partial charge in [0.05, 0.1) is 31.8 Å². The van der Waals surface area contributed by atoms with E-state index in [0.717, 1.165) is 0 Å². The zero-order chi connectivity index (χ0) is 23.6. The highest BCUT2D eigenvalue weighted by Crippen LogP contribution is 1.99. The van der Waals surface area contributed by atoms with Crippen molar-refractivity contribution in [2.45, 2.75) is 37.4 Å². The van der Waals surface area contributed by atoms with E-state index in [1.165, 1.54) is 12.5 Å². The molecule has 1 rings (SSSR count). The van der Waals surface area contributed by atoms with Crippen molar-refractivity contribution < 1.29 is 44.1 Å². The molecule has 3 amide bonds. The monoisotopic (exact) mass is 442 g/mol. The minimum absolute atomic E-state index is 0.109. The molecule has 31 heavy (non-hydrogen) atoms. The Morgan fingerprint density at radius 2 is 1.58 bits per heavy atom. The van der Waals surface area contributed by atoms with Crippen LogP contribution in [0, 0.1) is 0 Å². The van der Waals surface area contributed by atoms with Crippen LogP contribution in [0.2, 0.25) is 0 Å². The van der Waals surface area contributed by atoms with Gasteiger partial charge in [0, 0.05) is 18.3 Å². The standard InChI is InChI=1S/C16H22N6O9/c17-8(1-7-4-18-6-20-7)14(28)19-5-11(23)21-9(2-12(24)25)15(29)22-10(16(30)31)3-13(26)27/h4,6,8-10H,1-3,5,17H2,(H,18,20)(H,19,28)(H,21,23)(H,22,29)(H,24,25)(H,26,27)(H,30,31). The van der Waals surface area contributed by atoms with Crippen molar-refractivity contribution in [3.05, 3.63) is 18.2 Å². The number of carbonyl (C=O) groups excluding carboxylic acids is 3. The van der Waals surface area contributed by atoms with Gasteiger partial charge >= 0.3 is 17.9 Å². The third-order valence-electron chi connectivity index (χ3n) is 3.78. The molecule has 1 aromatic rings. The third-order valence-corrected chi connectivity index (χ3v) is 3.78. The number of amides is 3. The molecule has 15 nitrogen and oxygen atoms in total. The maximum absolute atomic E-state index is 12.2. The number of aromatic nitrogens is 2. The molecule has 3 unspecified atom stereocenters. The van der Waals surface area contributed by atoms with E-state index in [4.69, 9.17) is 21.1 Å².